The number of halogens is 1. The number of anilines is 1. The van der Waals surface area contributed by atoms with Crippen LogP contribution in [0.1, 0.15) is 36.0 Å². The molecule has 1 aromatic carbocycles. The predicted octanol–water partition coefficient (Wildman–Crippen LogP) is 3.15. The van der Waals surface area contributed by atoms with Crippen LogP contribution in [0.15, 0.2) is 18.2 Å². The van der Waals surface area contributed by atoms with Gasteiger partial charge in [0.1, 0.15) is 5.82 Å². The SMILES string of the molecule is O=C(O)c1ccc(N2CC3CCCC(C3)C2)c(F)c1. The van der Waals surface area contributed by atoms with Gasteiger partial charge < -0.3 is 10.0 Å². The van der Waals surface area contributed by atoms with E-state index in [1.165, 1.54) is 31.7 Å². The molecule has 1 saturated carbocycles. The Bertz CT molecular complexity index is 491. The largest absolute Gasteiger partial charge is 0.478 e. The summed E-state index contributed by atoms with van der Waals surface area (Å²) in [6, 6.07) is 4.23. The fourth-order valence-corrected chi connectivity index (χ4v) is 3.52. The van der Waals surface area contributed by atoms with Crippen LogP contribution in [0.5, 0.6) is 0 Å². The van der Waals surface area contributed by atoms with Crippen molar-refractivity contribution in [2.45, 2.75) is 25.7 Å². The van der Waals surface area contributed by atoms with Crippen molar-refractivity contribution >= 4 is 11.7 Å². The maximum absolute atomic E-state index is 14.1. The van der Waals surface area contributed by atoms with Gasteiger partial charge in [0.05, 0.1) is 11.3 Å². The Morgan fingerprint density at radius 1 is 1.26 bits per heavy atom. The number of hydrogen-bond acceptors (Lipinski definition) is 2. The lowest BCUT2D eigenvalue weighted by molar-refractivity contribution is 0.0696. The molecular weight excluding hydrogens is 245 g/mol. The van der Waals surface area contributed by atoms with Crippen LogP contribution in [0, 0.1) is 17.7 Å². The molecule has 2 bridgehead atoms. The molecule has 0 radical (unpaired) electrons. The molecule has 1 aromatic rings. The van der Waals surface area contributed by atoms with Crippen molar-refractivity contribution < 1.29 is 14.3 Å². The Kier molecular flexibility index (Phi) is 3.17. The molecule has 2 atom stereocenters. The van der Waals surface area contributed by atoms with Crippen molar-refractivity contribution in [3.63, 3.8) is 0 Å². The summed E-state index contributed by atoms with van der Waals surface area (Å²) in [5.41, 5.74) is 0.569. The zero-order valence-corrected chi connectivity index (χ0v) is 10.8. The average molecular weight is 263 g/mol. The molecule has 102 valence electrons. The molecule has 1 aliphatic carbocycles. The number of carboxylic acid groups (broad SMARTS) is 1. The van der Waals surface area contributed by atoms with E-state index in [-0.39, 0.29) is 5.56 Å². The summed E-state index contributed by atoms with van der Waals surface area (Å²) in [6.07, 6.45) is 5.04. The van der Waals surface area contributed by atoms with Crippen LogP contribution in [0.3, 0.4) is 0 Å². The van der Waals surface area contributed by atoms with Crippen LogP contribution in [0.4, 0.5) is 10.1 Å². The van der Waals surface area contributed by atoms with E-state index in [0.717, 1.165) is 19.2 Å². The molecule has 2 unspecified atom stereocenters. The average Bonchev–Trinajstić information content (AvgIpc) is 2.38. The molecule has 0 amide bonds. The quantitative estimate of drug-likeness (QED) is 0.891. The third-order valence-corrected chi connectivity index (χ3v) is 4.38. The van der Waals surface area contributed by atoms with Gasteiger partial charge in [0.25, 0.3) is 0 Å². The van der Waals surface area contributed by atoms with Crippen LogP contribution in [0.25, 0.3) is 0 Å². The van der Waals surface area contributed by atoms with Gasteiger partial charge >= 0.3 is 5.97 Å². The minimum absolute atomic E-state index is 0.0125. The normalized spacial score (nSPS) is 26.3. The number of fused-ring (bicyclic) bond motifs is 2. The monoisotopic (exact) mass is 263 g/mol. The summed E-state index contributed by atoms with van der Waals surface area (Å²) in [5.74, 6) is -0.155. The topological polar surface area (TPSA) is 40.5 Å². The van der Waals surface area contributed by atoms with E-state index in [0.29, 0.717) is 17.5 Å². The van der Waals surface area contributed by atoms with Crippen molar-refractivity contribution in [1.82, 2.24) is 0 Å². The van der Waals surface area contributed by atoms with E-state index < -0.39 is 11.8 Å². The molecule has 1 heterocycles. The molecule has 0 spiro atoms. The van der Waals surface area contributed by atoms with Gasteiger partial charge in [-0.05, 0) is 49.3 Å². The molecule has 2 aliphatic rings. The first-order valence-electron chi connectivity index (χ1n) is 6.91. The fourth-order valence-electron chi connectivity index (χ4n) is 3.52. The highest BCUT2D eigenvalue weighted by molar-refractivity contribution is 5.88. The van der Waals surface area contributed by atoms with Crippen LogP contribution in [0.2, 0.25) is 0 Å². The highest BCUT2D eigenvalue weighted by Crippen LogP contribution is 2.37. The highest BCUT2D eigenvalue weighted by atomic mass is 19.1. The fraction of sp³-hybridized carbons (Fsp3) is 0.533. The maximum atomic E-state index is 14.1. The standard InChI is InChI=1S/C15H18FNO2/c16-13-7-12(15(18)19)4-5-14(13)17-8-10-2-1-3-11(6-10)9-17/h4-5,7,10-11H,1-3,6,8-9H2,(H,18,19). The number of aromatic carboxylic acids is 1. The lowest BCUT2D eigenvalue weighted by Crippen LogP contribution is -2.43. The van der Waals surface area contributed by atoms with Crippen LogP contribution in [-0.4, -0.2) is 24.2 Å². The van der Waals surface area contributed by atoms with E-state index in [4.69, 9.17) is 5.11 Å². The van der Waals surface area contributed by atoms with Crippen LogP contribution >= 0.6 is 0 Å². The lowest BCUT2D eigenvalue weighted by Gasteiger charge is -2.42. The molecule has 2 fully saturated rings. The number of rotatable bonds is 2. The first kappa shape index (κ1) is 12.5. The van der Waals surface area contributed by atoms with E-state index >= 15 is 0 Å². The summed E-state index contributed by atoms with van der Waals surface area (Å²) < 4.78 is 14.1. The Labute approximate surface area is 112 Å². The third kappa shape index (κ3) is 2.44. The molecule has 19 heavy (non-hydrogen) atoms. The Morgan fingerprint density at radius 2 is 1.95 bits per heavy atom. The number of benzene rings is 1. The number of piperidine rings is 1. The molecule has 1 saturated heterocycles. The van der Waals surface area contributed by atoms with Gasteiger partial charge in [-0.3, -0.25) is 0 Å². The van der Waals surface area contributed by atoms with Gasteiger partial charge in [0, 0.05) is 13.1 Å². The second-order valence-corrected chi connectivity index (χ2v) is 5.77. The predicted molar refractivity (Wildman–Crippen MR) is 71.0 cm³/mol. The lowest BCUT2D eigenvalue weighted by atomic mass is 9.78. The summed E-state index contributed by atoms with van der Waals surface area (Å²) in [5, 5.41) is 8.86. The van der Waals surface area contributed by atoms with Crippen molar-refractivity contribution in [2.75, 3.05) is 18.0 Å². The molecule has 1 aliphatic heterocycles. The van der Waals surface area contributed by atoms with Gasteiger partial charge in [-0.2, -0.15) is 0 Å². The maximum Gasteiger partial charge on any atom is 0.335 e. The molecular formula is C15H18FNO2. The van der Waals surface area contributed by atoms with Gasteiger partial charge in [-0.1, -0.05) is 6.42 Å². The van der Waals surface area contributed by atoms with Gasteiger partial charge in [0.15, 0.2) is 0 Å². The molecule has 3 nitrogen and oxygen atoms in total. The Morgan fingerprint density at radius 3 is 2.53 bits per heavy atom. The molecule has 0 aromatic heterocycles. The summed E-state index contributed by atoms with van der Waals surface area (Å²) in [7, 11) is 0. The highest BCUT2D eigenvalue weighted by Gasteiger charge is 2.31. The van der Waals surface area contributed by atoms with Crippen molar-refractivity contribution in [3.05, 3.63) is 29.6 Å². The van der Waals surface area contributed by atoms with Crippen LogP contribution < -0.4 is 4.90 Å². The van der Waals surface area contributed by atoms with Crippen molar-refractivity contribution in [2.24, 2.45) is 11.8 Å². The Balaban J connectivity index is 1.84. The van der Waals surface area contributed by atoms with Crippen molar-refractivity contribution in [1.29, 1.82) is 0 Å². The second kappa shape index (κ2) is 4.83. The van der Waals surface area contributed by atoms with Crippen molar-refractivity contribution in [3.8, 4) is 0 Å². The summed E-state index contributed by atoms with van der Waals surface area (Å²) >= 11 is 0. The van der Waals surface area contributed by atoms with E-state index in [2.05, 4.69) is 4.90 Å². The van der Waals surface area contributed by atoms with E-state index in [1.807, 2.05) is 0 Å². The second-order valence-electron chi connectivity index (χ2n) is 5.77. The number of nitrogens with zero attached hydrogens (tertiary/aromatic N) is 1. The Hall–Kier alpha value is -1.58. The zero-order valence-electron chi connectivity index (χ0n) is 10.8. The van der Waals surface area contributed by atoms with Gasteiger partial charge in [-0.15, -0.1) is 0 Å². The van der Waals surface area contributed by atoms with Gasteiger partial charge in [-0.25, -0.2) is 9.18 Å². The van der Waals surface area contributed by atoms with E-state index in [1.54, 1.807) is 6.07 Å². The minimum Gasteiger partial charge on any atom is -0.478 e. The van der Waals surface area contributed by atoms with Crippen LogP contribution in [-0.2, 0) is 0 Å². The first-order valence-corrected chi connectivity index (χ1v) is 6.91. The van der Waals surface area contributed by atoms with Gasteiger partial charge in [0.2, 0.25) is 0 Å². The smallest absolute Gasteiger partial charge is 0.335 e. The summed E-state index contributed by atoms with van der Waals surface area (Å²) in [6.45, 7) is 1.81. The van der Waals surface area contributed by atoms with E-state index in [9.17, 15) is 9.18 Å². The third-order valence-electron chi connectivity index (χ3n) is 4.38. The summed E-state index contributed by atoms with van der Waals surface area (Å²) in [4.78, 5) is 12.9. The number of carboxylic acids is 1. The number of hydrogen-bond donors (Lipinski definition) is 1. The number of carbonyl (C=O) groups is 1. The minimum atomic E-state index is -1.08. The molecule has 1 N–H and O–H groups in total. The first-order chi connectivity index (χ1) is 9.13. The zero-order chi connectivity index (χ0) is 13.4. The molecule has 4 heteroatoms. The molecule has 3 rings (SSSR count).